The maximum atomic E-state index is 12.9. The van der Waals surface area contributed by atoms with Gasteiger partial charge in [-0.1, -0.05) is 24.3 Å². The molecule has 1 saturated heterocycles. The highest BCUT2D eigenvalue weighted by molar-refractivity contribution is 7.89. The molecule has 0 radical (unpaired) electrons. The number of amidine groups is 1. The van der Waals surface area contributed by atoms with Gasteiger partial charge in [0.05, 0.1) is 17.2 Å². The van der Waals surface area contributed by atoms with Gasteiger partial charge < -0.3 is 11.5 Å². The summed E-state index contributed by atoms with van der Waals surface area (Å²) in [6.45, 7) is 3.49. The molecule has 1 amide bonds. The predicted molar refractivity (Wildman–Crippen MR) is 127 cm³/mol. The Morgan fingerprint density at radius 1 is 1.21 bits per heavy atom. The van der Waals surface area contributed by atoms with E-state index in [-0.39, 0.29) is 23.1 Å². The smallest absolute Gasteiger partial charge is 0.271 e. The molecule has 2 aliphatic rings. The zero-order valence-corrected chi connectivity index (χ0v) is 19.1. The van der Waals surface area contributed by atoms with Crippen LogP contribution in [0.2, 0.25) is 0 Å². The standard InChI is InChI=1S/C23H27N5O4S/c1-2-32-27-23(29)19-8-18-7-6-17(10-21(18)26-22(25)11-19)16-4-3-5-20(9-16)33(30,31)28-13-15(12-24)14-28/h3-10,15H,2,11-14,24H2,1H3,(H2,25,26)(H,27,29). The minimum Gasteiger partial charge on any atom is -0.387 e. The molecule has 2 aromatic carbocycles. The SMILES string of the molecule is CCONC(=O)C1=Cc2ccc(-c3cccc(S(=O)(=O)N4CC(CN)C4)c3)cc2N=C(N)C1. The number of carbonyl (C=O) groups excluding carboxylic acids is 1. The number of fused-ring (bicyclic) bond motifs is 1. The monoisotopic (exact) mass is 469 g/mol. The molecule has 0 spiro atoms. The molecule has 0 aromatic heterocycles. The van der Waals surface area contributed by atoms with Gasteiger partial charge in [0, 0.05) is 30.6 Å². The van der Waals surface area contributed by atoms with Crippen LogP contribution in [0.5, 0.6) is 0 Å². The summed E-state index contributed by atoms with van der Waals surface area (Å²) < 4.78 is 27.3. The third-order valence-electron chi connectivity index (χ3n) is 5.66. The minimum atomic E-state index is -3.57. The summed E-state index contributed by atoms with van der Waals surface area (Å²) >= 11 is 0. The zero-order valence-electron chi connectivity index (χ0n) is 18.3. The number of nitrogens with two attached hydrogens (primary N) is 2. The lowest BCUT2D eigenvalue weighted by atomic mass is 10.0. The molecule has 2 heterocycles. The lowest BCUT2D eigenvalue weighted by Gasteiger charge is -2.37. The van der Waals surface area contributed by atoms with Crippen molar-refractivity contribution in [2.24, 2.45) is 22.4 Å². The molecule has 0 atom stereocenters. The lowest BCUT2D eigenvalue weighted by Crippen LogP contribution is -2.52. The predicted octanol–water partition coefficient (Wildman–Crippen LogP) is 1.78. The number of benzene rings is 2. The van der Waals surface area contributed by atoms with Crippen LogP contribution in [-0.2, 0) is 19.7 Å². The number of hydroxylamine groups is 1. The number of rotatable bonds is 7. The molecule has 1 fully saturated rings. The number of nitrogens with one attached hydrogen (secondary N) is 1. The zero-order chi connectivity index (χ0) is 23.6. The molecule has 2 aliphatic heterocycles. The van der Waals surface area contributed by atoms with Gasteiger partial charge in [-0.15, -0.1) is 0 Å². The van der Waals surface area contributed by atoms with Gasteiger partial charge in [0.25, 0.3) is 5.91 Å². The molecule has 5 N–H and O–H groups in total. The third-order valence-corrected chi connectivity index (χ3v) is 7.49. The van der Waals surface area contributed by atoms with Gasteiger partial charge >= 0.3 is 0 Å². The molecule has 10 heteroatoms. The summed E-state index contributed by atoms with van der Waals surface area (Å²) in [5.41, 5.74) is 17.4. The molecule has 9 nitrogen and oxygen atoms in total. The highest BCUT2D eigenvalue weighted by Crippen LogP contribution is 2.33. The fourth-order valence-corrected chi connectivity index (χ4v) is 5.41. The van der Waals surface area contributed by atoms with Crippen LogP contribution >= 0.6 is 0 Å². The maximum absolute atomic E-state index is 12.9. The second-order valence-corrected chi connectivity index (χ2v) is 9.98. The van der Waals surface area contributed by atoms with Crippen molar-refractivity contribution < 1.29 is 18.0 Å². The first-order valence-electron chi connectivity index (χ1n) is 10.7. The summed E-state index contributed by atoms with van der Waals surface area (Å²) in [6, 6.07) is 12.4. The molecule has 33 heavy (non-hydrogen) atoms. The molecule has 0 unspecified atom stereocenters. The van der Waals surface area contributed by atoms with Crippen LogP contribution in [0, 0.1) is 5.92 Å². The summed E-state index contributed by atoms with van der Waals surface area (Å²) in [6.07, 6.45) is 1.92. The number of carbonyl (C=O) groups is 1. The second kappa shape index (κ2) is 9.44. The Labute approximate surface area is 193 Å². The van der Waals surface area contributed by atoms with Crippen LogP contribution in [0.4, 0.5) is 5.69 Å². The van der Waals surface area contributed by atoms with Crippen molar-refractivity contribution in [2.45, 2.75) is 18.2 Å². The van der Waals surface area contributed by atoms with Crippen LogP contribution in [0.25, 0.3) is 17.2 Å². The van der Waals surface area contributed by atoms with Gasteiger partial charge in [-0.3, -0.25) is 9.63 Å². The van der Waals surface area contributed by atoms with Crippen LogP contribution < -0.4 is 16.9 Å². The molecular formula is C23H27N5O4S. The normalized spacial score (nSPS) is 16.8. The van der Waals surface area contributed by atoms with E-state index in [0.29, 0.717) is 43.3 Å². The minimum absolute atomic E-state index is 0.191. The van der Waals surface area contributed by atoms with Crippen molar-refractivity contribution in [3.8, 4) is 11.1 Å². The fourth-order valence-electron chi connectivity index (χ4n) is 3.77. The van der Waals surface area contributed by atoms with Gasteiger partial charge in [0.2, 0.25) is 10.0 Å². The van der Waals surface area contributed by atoms with Crippen LogP contribution in [0.15, 0.2) is 57.9 Å². The average molecular weight is 470 g/mol. The number of aliphatic imine (C=N–C) groups is 1. The highest BCUT2D eigenvalue weighted by atomic mass is 32.2. The third kappa shape index (κ3) is 4.83. The van der Waals surface area contributed by atoms with Crippen molar-refractivity contribution in [3.63, 3.8) is 0 Å². The van der Waals surface area contributed by atoms with E-state index in [2.05, 4.69) is 10.5 Å². The Bertz CT molecular complexity index is 1230. The lowest BCUT2D eigenvalue weighted by molar-refractivity contribution is -0.129. The van der Waals surface area contributed by atoms with Gasteiger partial charge in [-0.05, 0) is 54.8 Å². The first-order valence-corrected chi connectivity index (χ1v) is 12.2. The molecule has 174 valence electrons. The molecular weight excluding hydrogens is 442 g/mol. The number of hydrogen-bond acceptors (Lipinski definition) is 7. The number of hydrogen-bond donors (Lipinski definition) is 3. The molecule has 0 aliphatic carbocycles. The van der Waals surface area contributed by atoms with Crippen molar-refractivity contribution >= 4 is 33.5 Å². The summed E-state index contributed by atoms with van der Waals surface area (Å²) in [4.78, 5) is 22.0. The fraction of sp³-hybridized carbons (Fsp3) is 0.304. The molecule has 4 rings (SSSR count). The van der Waals surface area contributed by atoms with Gasteiger partial charge in [0.1, 0.15) is 5.84 Å². The van der Waals surface area contributed by atoms with Gasteiger partial charge in [-0.2, -0.15) is 4.31 Å². The topological polar surface area (TPSA) is 140 Å². The number of sulfonamides is 1. The first kappa shape index (κ1) is 23.1. The van der Waals surface area contributed by atoms with Crippen molar-refractivity contribution in [1.29, 1.82) is 0 Å². The van der Waals surface area contributed by atoms with Crippen LogP contribution in [0.1, 0.15) is 18.9 Å². The Balaban J connectivity index is 1.64. The van der Waals surface area contributed by atoms with Gasteiger partial charge in [-0.25, -0.2) is 18.9 Å². The van der Waals surface area contributed by atoms with E-state index in [1.807, 2.05) is 24.3 Å². The Morgan fingerprint density at radius 3 is 2.70 bits per heavy atom. The van der Waals surface area contributed by atoms with Crippen LogP contribution in [0.3, 0.4) is 0 Å². The van der Waals surface area contributed by atoms with E-state index in [1.54, 1.807) is 31.2 Å². The van der Waals surface area contributed by atoms with Gasteiger partial charge in [0.15, 0.2) is 0 Å². The number of amides is 1. The van der Waals surface area contributed by atoms with Crippen LogP contribution in [-0.4, -0.2) is 50.7 Å². The van der Waals surface area contributed by atoms with E-state index >= 15 is 0 Å². The van der Waals surface area contributed by atoms with Crippen molar-refractivity contribution in [2.75, 3.05) is 26.2 Å². The highest BCUT2D eigenvalue weighted by Gasteiger charge is 2.35. The largest absolute Gasteiger partial charge is 0.387 e. The average Bonchev–Trinajstić information content (AvgIpc) is 2.94. The van der Waals surface area contributed by atoms with E-state index < -0.39 is 10.0 Å². The van der Waals surface area contributed by atoms with E-state index in [4.69, 9.17) is 16.3 Å². The Hall–Kier alpha value is -3.05. The quantitative estimate of drug-likeness (QED) is 0.528. The summed E-state index contributed by atoms with van der Waals surface area (Å²) in [5, 5.41) is 0. The summed E-state index contributed by atoms with van der Waals surface area (Å²) in [7, 11) is -3.57. The van der Waals surface area contributed by atoms with E-state index in [0.717, 1.165) is 16.7 Å². The molecule has 0 saturated carbocycles. The maximum Gasteiger partial charge on any atom is 0.271 e. The van der Waals surface area contributed by atoms with Crippen molar-refractivity contribution in [1.82, 2.24) is 9.79 Å². The second-order valence-electron chi connectivity index (χ2n) is 8.04. The Morgan fingerprint density at radius 2 is 1.97 bits per heavy atom. The summed E-state index contributed by atoms with van der Waals surface area (Å²) in [5.74, 6) is 0.143. The van der Waals surface area contributed by atoms with E-state index in [9.17, 15) is 13.2 Å². The first-order chi connectivity index (χ1) is 15.8. The Kier molecular flexibility index (Phi) is 6.61. The molecule has 0 bridgehead atoms. The van der Waals surface area contributed by atoms with Crippen molar-refractivity contribution in [3.05, 3.63) is 53.6 Å². The molecule has 2 aromatic rings. The number of nitrogens with zero attached hydrogens (tertiary/aromatic N) is 2. The van der Waals surface area contributed by atoms with E-state index in [1.165, 1.54) is 4.31 Å².